The molecule has 0 amide bonds. The Morgan fingerprint density at radius 2 is 1.03 bits per heavy atom. The summed E-state index contributed by atoms with van der Waals surface area (Å²) in [5.41, 5.74) is 16.9. The van der Waals surface area contributed by atoms with Crippen molar-refractivity contribution in [2.75, 3.05) is 47.4 Å². The van der Waals surface area contributed by atoms with Crippen molar-refractivity contribution in [1.29, 1.82) is 0 Å². The number of thiazole rings is 2. The zero-order valence-corrected chi connectivity index (χ0v) is 23.6. The normalized spacial score (nSPS) is 11.6. The molecule has 0 radical (unpaired) electrons. The van der Waals surface area contributed by atoms with Gasteiger partial charge in [0.05, 0.1) is 21.1 Å². The molecule has 0 spiro atoms. The SMILES string of the molecule is CCN(CC)c1ccc(/N=N/c2ncc(-c3cnc(/N=N/c4ccc(N(CC)CC)cc4N)s3)s2)c(N)c1. The van der Waals surface area contributed by atoms with Crippen LogP contribution in [-0.4, -0.2) is 36.1 Å². The smallest absolute Gasteiger partial charge is 0.230 e. The fourth-order valence-corrected chi connectivity index (χ4v) is 5.42. The van der Waals surface area contributed by atoms with Crippen LogP contribution < -0.4 is 21.3 Å². The summed E-state index contributed by atoms with van der Waals surface area (Å²) >= 11 is 2.84. The number of nitrogen functional groups attached to an aromatic ring is 2. The van der Waals surface area contributed by atoms with Gasteiger partial charge in [-0.05, 0) is 64.1 Å². The van der Waals surface area contributed by atoms with Crippen LogP contribution in [-0.2, 0) is 0 Å². The highest BCUT2D eigenvalue weighted by Gasteiger charge is 2.10. The van der Waals surface area contributed by atoms with E-state index in [9.17, 15) is 0 Å². The lowest BCUT2D eigenvalue weighted by molar-refractivity contribution is 0.866. The Morgan fingerprint density at radius 3 is 1.37 bits per heavy atom. The Bertz CT molecular complexity index is 1310. The minimum Gasteiger partial charge on any atom is -0.397 e. The Kier molecular flexibility index (Phi) is 8.98. The Morgan fingerprint density at radius 1 is 0.632 bits per heavy atom. The summed E-state index contributed by atoms with van der Waals surface area (Å²) in [5, 5.41) is 18.3. The first kappa shape index (κ1) is 27.1. The quantitative estimate of drug-likeness (QED) is 0.144. The monoisotopic (exact) mass is 548 g/mol. The van der Waals surface area contributed by atoms with Crippen molar-refractivity contribution in [3.8, 4) is 9.75 Å². The molecule has 4 rings (SSSR count). The van der Waals surface area contributed by atoms with Crippen LogP contribution in [0, 0.1) is 0 Å². The van der Waals surface area contributed by atoms with Gasteiger partial charge >= 0.3 is 0 Å². The molecule has 0 unspecified atom stereocenters. The lowest BCUT2D eigenvalue weighted by Gasteiger charge is -2.21. The summed E-state index contributed by atoms with van der Waals surface area (Å²) in [6.45, 7) is 12.1. The summed E-state index contributed by atoms with van der Waals surface area (Å²) in [4.78, 5) is 15.0. The predicted molar refractivity (Wildman–Crippen MR) is 160 cm³/mol. The van der Waals surface area contributed by atoms with Gasteiger partial charge in [0.2, 0.25) is 10.3 Å². The number of rotatable bonds is 11. The molecule has 4 N–H and O–H groups in total. The van der Waals surface area contributed by atoms with E-state index in [0.29, 0.717) is 33.0 Å². The maximum absolute atomic E-state index is 6.21. The van der Waals surface area contributed by atoms with Crippen molar-refractivity contribution in [2.45, 2.75) is 27.7 Å². The summed E-state index contributed by atoms with van der Waals surface area (Å²) in [5.74, 6) is 0. The number of hydrogen-bond acceptors (Lipinski definition) is 12. The molecule has 0 aliphatic rings. The fraction of sp³-hybridized carbons (Fsp3) is 0.308. The molecule has 198 valence electrons. The van der Waals surface area contributed by atoms with Gasteiger partial charge in [0.1, 0.15) is 11.4 Å². The third-order valence-corrected chi connectivity index (χ3v) is 7.95. The van der Waals surface area contributed by atoms with E-state index in [1.54, 1.807) is 12.4 Å². The first-order valence-corrected chi connectivity index (χ1v) is 14.1. The average molecular weight is 549 g/mol. The highest BCUT2D eigenvalue weighted by Crippen LogP contribution is 2.38. The molecular formula is C26H32N10S2. The van der Waals surface area contributed by atoms with Gasteiger partial charge < -0.3 is 21.3 Å². The molecule has 2 heterocycles. The van der Waals surface area contributed by atoms with Gasteiger partial charge in [0.15, 0.2) is 0 Å². The van der Waals surface area contributed by atoms with Crippen molar-refractivity contribution >= 4 is 67.1 Å². The van der Waals surface area contributed by atoms with Crippen LogP contribution in [0.5, 0.6) is 0 Å². The lowest BCUT2D eigenvalue weighted by Crippen LogP contribution is -2.21. The largest absolute Gasteiger partial charge is 0.397 e. The lowest BCUT2D eigenvalue weighted by atomic mass is 10.2. The van der Waals surface area contributed by atoms with Crippen LogP contribution in [0.25, 0.3) is 9.75 Å². The molecule has 0 aliphatic carbocycles. The van der Waals surface area contributed by atoms with Crippen LogP contribution in [0.4, 0.5) is 44.4 Å². The molecule has 2 aromatic carbocycles. The van der Waals surface area contributed by atoms with Crippen LogP contribution in [0.2, 0.25) is 0 Å². The first-order chi connectivity index (χ1) is 18.4. The van der Waals surface area contributed by atoms with Crippen LogP contribution >= 0.6 is 22.7 Å². The summed E-state index contributed by atoms with van der Waals surface area (Å²) in [6.07, 6.45) is 3.51. The molecule has 2 aromatic heterocycles. The van der Waals surface area contributed by atoms with Gasteiger partial charge in [-0.25, -0.2) is 9.97 Å². The van der Waals surface area contributed by atoms with Crippen LogP contribution in [0.3, 0.4) is 0 Å². The van der Waals surface area contributed by atoms with E-state index >= 15 is 0 Å². The molecule has 0 aliphatic heterocycles. The van der Waals surface area contributed by atoms with Gasteiger partial charge in [0, 0.05) is 49.9 Å². The Hall–Kier alpha value is -3.90. The van der Waals surface area contributed by atoms with Crippen molar-refractivity contribution in [2.24, 2.45) is 20.5 Å². The first-order valence-electron chi connectivity index (χ1n) is 12.5. The highest BCUT2D eigenvalue weighted by molar-refractivity contribution is 7.25. The van der Waals surface area contributed by atoms with E-state index < -0.39 is 0 Å². The zero-order valence-electron chi connectivity index (χ0n) is 22.0. The maximum atomic E-state index is 6.21. The molecule has 10 nitrogen and oxygen atoms in total. The fourth-order valence-electron chi connectivity index (χ4n) is 3.88. The van der Waals surface area contributed by atoms with Crippen molar-refractivity contribution < 1.29 is 0 Å². The van der Waals surface area contributed by atoms with E-state index in [1.807, 2.05) is 36.4 Å². The molecule has 0 atom stereocenters. The zero-order chi connectivity index (χ0) is 27.1. The second kappa shape index (κ2) is 12.6. The van der Waals surface area contributed by atoms with Crippen molar-refractivity contribution in [1.82, 2.24) is 9.97 Å². The Balaban J connectivity index is 1.43. The molecule has 4 aromatic rings. The van der Waals surface area contributed by atoms with E-state index in [1.165, 1.54) is 22.7 Å². The van der Waals surface area contributed by atoms with Crippen molar-refractivity contribution in [3.05, 3.63) is 48.8 Å². The number of aromatic nitrogens is 2. The molecule has 0 saturated carbocycles. The van der Waals surface area contributed by atoms with Crippen LogP contribution in [0.1, 0.15) is 27.7 Å². The van der Waals surface area contributed by atoms with Crippen LogP contribution in [0.15, 0.2) is 69.2 Å². The van der Waals surface area contributed by atoms with Gasteiger partial charge in [-0.15, -0.1) is 20.5 Å². The van der Waals surface area contributed by atoms with Gasteiger partial charge in [-0.1, -0.05) is 22.7 Å². The highest BCUT2D eigenvalue weighted by atomic mass is 32.1. The maximum Gasteiger partial charge on any atom is 0.230 e. The second-order valence-corrected chi connectivity index (χ2v) is 10.3. The average Bonchev–Trinajstić information content (AvgIpc) is 3.59. The molecule has 12 heteroatoms. The third kappa shape index (κ3) is 6.32. The third-order valence-electron chi connectivity index (χ3n) is 6.00. The topological polar surface area (TPSA) is 134 Å². The van der Waals surface area contributed by atoms with E-state index in [4.69, 9.17) is 11.5 Å². The standard InChI is InChI=1S/C26H32N10S2/c1-5-35(6-2)17-9-11-21(19(27)13-17)31-33-25-29-15-23(37-25)24-16-30-26(38-24)34-32-22-12-10-18(14-20(22)28)36(7-3)8-4/h9-16H,5-8,27-28H2,1-4H3/b33-31+,34-32+. The number of benzene rings is 2. The van der Waals surface area contributed by atoms with Crippen molar-refractivity contribution in [3.63, 3.8) is 0 Å². The molecule has 38 heavy (non-hydrogen) atoms. The number of azo groups is 2. The van der Waals surface area contributed by atoms with E-state index in [0.717, 1.165) is 47.3 Å². The summed E-state index contributed by atoms with van der Waals surface area (Å²) < 4.78 is 0. The Labute approximate surface area is 230 Å². The minimum atomic E-state index is 0.532. The number of nitrogens with zero attached hydrogens (tertiary/aromatic N) is 8. The number of hydrogen-bond donors (Lipinski definition) is 2. The number of anilines is 4. The number of nitrogens with two attached hydrogens (primary N) is 2. The minimum absolute atomic E-state index is 0.532. The van der Waals surface area contributed by atoms with Gasteiger partial charge in [-0.3, -0.25) is 0 Å². The summed E-state index contributed by atoms with van der Waals surface area (Å²) in [7, 11) is 0. The van der Waals surface area contributed by atoms with E-state index in [-0.39, 0.29) is 0 Å². The van der Waals surface area contributed by atoms with E-state index in [2.05, 4.69) is 67.9 Å². The van der Waals surface area contributed by atoms with Gasteiger partial charge in [-0.2, -0.15) is 0 Å². The molecular weight excluding hydrogens is 516 g/mol. The predicted octanol–water partition coefficient (Wildman–Crippen LogP) is 7.95. The van der Waals surface area contributed by atoms with Gasteiger partial charge in [0.25, 0.3) is 0 Å². The molecule has 0 fully saturated rings. The summed E-state index contributed by atoms with van der Waals surface area (Å²) in [6, 6.07) is 11.6. The molecule has 0 bridgehead atoms. The second-order valence-electron chi connectivity index (χ2n) is 8.24. The molecule has 0 saturated heterocycles.